The van der Waals surface area contributed by atoms with Gasteiger partial charge in [0, 0.05) is 30.4 Å². The maximum absolute atomic E-state index is 12.4. The number of hydrogen-bond donors (Lipinski definition) is 1. The van der Waals surface area contributed by atoms with E-state index in [1.54, 1.807) is 36.2 Å². The lowest BCUT2D eigenvalue weighted by atomic mass is 10.1. The highest BCUT2D eigenvalue weighted by molar-refractivity contribution is 6.06. The zero-order valence-electron chi connectivity index (χ0n) is 14.5. The molecule has 0 saturated heterocycles. The van der Waals surface area contributed by atoms with Crippen LogP contribution in [0.5, 0.6) is 0 Å². The molecule has 0 unspecified atom stereocenters. The number of carbonyl (C=O) groups is 2. The van der Waals surface area contributed by atoms with Crippen molar-refractivity contribution in [3.8, 4) is 0 Å². The first kappa shape index (κ1) is 17.7. The maximum Gasteiger partial charge on any atom is 0.255 e. The molecular formula is C20H24N2O2. The summed E-state index contributed by atoms with van der Waals surface area (Å²) in [6, 6.07) is 14.5. The molecule has 4 nitrogen and oxygen atoms in total. The number of benzene rings is 2. The Morgan fingerprint density at radius 2 is 1.71 bits per heavy atom. The van der Waals surface area contributed by atoms with E-state index in [0.29, 0.717) is 11.1 Å². The summed E-state index contributed by atoms with van der Waals surface area (Å²) in [7, 11) is 1.79. The van der Waals surface area contributed by atoms with Gasteiger partial charge in [-0.25, -0.2) is 0 Å². The standard InChI is InChI=1S/C20H24N2O2/c1-4-5-13-22(3)20(24)17-8-6-7-16(14-17)19(23)21-18-11-9-15(2)10-12-18/h6-12,14H,4-5,13H2,1-3H3,(H,21,23). The van der Waals surface area contributed by atoms with Crippen molar-refractivity contribution in [3.05, 3.63) is 65.2 Å². The highest BCUT2D eigenvalue weighted by atomic mass is 16.2. The van der Waals surface area contributed by atoms with Gasteiger partial charge in [-0.15, -0.1) is 0 Å². The molecule has 1 N–H and O–H groups in total. The molecular weight excluding hydrogens is 300 g/mol. The second-order valence-electron chi connectivity index (χ2n) is 5.98. The number of carbonyl (C=O) groups excluding carboxylic acids is 2. The third-order valence-corrected chi connectivity index (χ3v) is 3.87. The molecule has 0 aromatic heterocycles. The van der Waals surface area contributed by atoms with E-state index in [0.717, 1.165) is 30.6 Å². The summed E-state index contributed by atoms with van der Waals surface area (Å²) in [4.78, 5) is 26.5. The lowest BCUT2D eigenvalue weighted by Crippen LogP contribution is -2.28. The van der Waals surface area contributed by atoms with Crippen LogP contribution in [-0.4, -0.2) is 30.3 Å². The van der Waals surface area contributed by atoms with Crippen LogP contribution in [0.15, 0.2) is 48.5 Å². The number of nitrogens with one attached hydrogen (secondary N) is 1. The quantitative estimate of drug-likeness (QED) is 0.869. The van der Waals surface area contributed by atoms with E-state index in [4.69, 9.17) is 0 Å². The monoisotopic (exact) mass is 324 g/mol. The van der Waals surface area contributed by atoms with E-state index in [1.165, 1.54) is 0 Å². The first-order chi connectivity index (χ1) is 11.5. The predicted molar refractivity (Wildman–Crippen MR) is 97.4 cm³/mol. The molecule has 2 amide bonds. The van der Waals surface area contributed by atoms with E-state index in [-0.39, 0.29) is 11.8 Å². The van der Waals surface area contributed by atoms with Gasteiger partial charge < -0.3 is 10.2 Å². The van der Waals surface area contributed by atoms with E-state index < -0.39 is 0 Å². The predicted octanol–water partition coefficient (Wildman–Crippen LogP) is 4.12. The zero-order chi connectivity index (χ0) is 17.5. The van der Waals surface area contributed by atoms with Crippen LogP contribution >= 0.6 is 0 Å². The molecule has 0 aliphatic heterocycles. The number of anilines is 1. The molecule has 126 valence electrons. The third kappa shape index (κ3) is 4.69. The summed E-state index contributed by atoms with van der Waals surface area (Å²) in [5.74, 6) is -0.279. The molecule has 0 heterocycles. The molecule has 0 spiro atoms. The van der Waals surface area contributed by atoms with Crippen molar-refractivity contribution in [1.29, 1.82) is 0 Å². The van der Waals surface area contributed by atoms with E-state index in [1.807, 2.05) is 31.2 Å². The van der Waals surface area contributed by atoms with Gasteiger partial charge in [0.1, 0.15) is 0 Å². The number of unbranched alkanes of at least 4 members (excludes halogenated alkanes) is 1. The molecule has 0 bridgehead atoms. The molecule has 2 aromatic carbocycles. The van der Waals surface area contributed by atoms with Gasteiger partial charge in [-0.2, -0.15) is 0 Å². The van der Waals surface area contributed by atoms with Crippen molar-refractivity contribution in [2.24, 2.45) is 0 Å². The minimum Gasteiger partial charge on any atom is -0.342 e. The van der Waals surface area contributed by atoms with Crippen LogP contribution in [0.2, 0.25) is 0 Å². The highest BCUT2D eigenvalue weighted by Crippen LogP contribution is 2.13. The molecule has 0 aliphatic rings. The second kappa shape index (κ2) is 8.29. The minimum absolute atomic E-state index is 0.0616. The Kier molecular flexibility index (Phi) is 6.13. The van der Waals surface area contributed by atoms with Crippen molar-refractivity contribution in [1.82, 2.24) is 4.90 Å². The summed E-state index contributed by atoms with van der Waals surface area (Å²) >= 11 is 0. The fourth-order valence-corrected chi connectivity index (χ4v) is 2.35. The molecule has 0 atom stereocenters. The van der Waals surface area contributed by atoms with Crippen LogP contribution in [0.1, 0.15) is 46.0 Å². The summed E-state index contributed by atoms with van der Waals surface area (Å²) < 4.78 is 0. The smallest absolute Gasteiger partial charge is 0.255 e. The average molecular weight is 324 g/mol. The Balaban J connectivity index is 2.10. The molecule has 0 saturated carbocycles. The SMILES string of the molecule is CCCCN(C)C(=O)c1cccc(C(=O)Nc2ccc(C)cc2)c1. The lowest BCUT2D eigenvalue weighted by Gasteiger charge is -2.17. The molecule has 0 radical (unpaired) electrons. The van der Waals surface area contributed by atoms with Crippen molar-refractivity contribution >= 4 is 17.5 Å². The number of amides is 2. The largest absolute Gasteiger partial charge is 0.342 e. The van der Waals surface area contributed by atoms with Crippen molar-refractivity contribution < 1.29 is 9.59 Å². The summed E-state index contributed by atoms with van der Waals surface area (Å²) in [6.07, 6.45) is 2.01. The first-order valence-corrected chi connectivity index (χ1v) is 8.25. The average Bonchev–Trinajstić information content (AvgIpc) is 2.61. The van der Waals surface area contributed by atoms with Crippen LogP contribution < -0.4 is 5.32 Å². The molecule has 2 rings (SSSR count). The maximum atomic E-state index is 12.4. The molecule has 4 heteroatoms. The highest BCUT2D eigenvalue weighted by Gasteiger charge is 2.14. The summed E-state index contributed by atoms with van der Waals surface area (Å²) in [5.41, 5.74) is 2.88. The Hall–Kier alpha value is -2.62. The van der Waals surface area contributed by atoms with E-state index in [2.05, 4.69) is 12.2 Å². The zero-order valence-corrected chi connectivity index (χ0v) is 14.5. The molecule has 2 aromatic rings. The van der Waals surface area contributed by atoms with Crippen molar-refractivity contribution in [2.75, 3.05) is 18.9 Å². The van der Waals surface area contributed by atoms with Crippen molar-refractivity contribution in [2.45, 2.75) is 26.7 Å². The van der Waals surface area contributed by atoms with Crippen LogP contribution in [0.25, 0.3) is 0 Å². The Morgan fingerprint density at radius 1 is 1.04 bits per heavy atom. The molecule has 0 fully saturated rings. The van der Waals surface area contributed by atoms with Gasteiger partial charge in [-0.1, -0.05) is 37.1 Å². The van der Waals surface area contributed by atoms with E-state index >= 15 is 0 Å². The second-order valence-corrected chi connectivity index (χ2v) is 5.98. The summed E-state index contributed by atoms with van der Waals surface area (Å²) in [6.45, 7) is 4.80. The molecule has 24 heavy (non-hydrogen) atoms. The van der Waals surface area contributed by atoms with Crippen molar-refractivity contribution in [3.63, 3.8) is 0 Å². The lowest BCUT2D eigenvalue weighted by molar-refractivity contribution is 0.0793. The van der Waals surface area contributed by atoms with Gasteiger partial charge in [0.2, 0.25) is 0 Å². The fraction of sp³-hybridized carbons (Fsp3) is 0.300. The van der Waals surface area contributed by atoms with Gasteiger partial charge in [0.05, 0.1) is 0 Å². The van der Waals surface area contributed by atoms with Crippen LogP contribution in [-0.2, 0) is 0 Å². The first-order valence-electron chi connectivity index (χ1n) is 8.25. The van der Waals surface area contributed by atoms with Gasteiger partial charge in [0.15, 0.2) is 0 Å². The Morgan fingerprint density at radius 3 is 2.38 bits per heavy atom. The number of aryl methyl sites for hydroxylation is 1. The topological polar surface area (TPSA) is 49.4 Å². The Labute approximate surface area is 143 Å². The fourth-order valence-electron chi connectivity index (χ4n) is 2.35. The molecule has 0 aliphatic carbocycles. The Bertz CT molecular complexity index is 708. The number of hydrogen-bond acceptors (Lipinski definition) is 2. The van der Waals surface area contributed by atoms with Gasteiger partial charge in [-0.3, -0.25) is 9.59 Å². The summed E-state index contributed by atoms with van der Waals surface area (Å²) in [5, 5.41) is 2.85. The third-order valence-electron chi connectivity index (χ3n) is 3.87. The van der Waals surface area contributed by atoms with Gasteiger partial charge in [0.25, 0.3) is 11.8 Å². The van der Waals surface area contributed by atoms with E-state index in [9.17, 15) is 9.59 Å². The van der Waals surface area contributed by atoms with Gasteiger partial charge in [-0.05, 0) is 43.7 Å². The number of rotatable bonds is 6. The van der Waals surface area contributed by atoms with Gasteiger partial charge >= 0.3 is 0 Å². The minimum atomic E-state index is -0.218. The van der Waals surface area contributed by atoms with Crippen LogP contribution in [0.4, 0.5) is 5.69 Å². The normalized spacial score (nSPS) is 10.3. The van der Waals surface area contributed by atoms with Crippen LogP contribution in [0, 0.1) is 6.92 Å². The number of nitrogens with zero attached hydrogens (tertiary/aromatic N) is 1. The van der Waals surface area contributed by atoms with Crippen LogP contribution in [0.3, 0.4) is 0 Å².